The number of piperazine rings is 1. The summed E-state index contributed by atoms with van der Waals surface area (Å²) in [6.07, 6.45) is -2.35. The number of alkyl halides is 2. The van der Waals surface area contributed by atoms with Crippen LogP contribution in [-0.2, 0) is 0 Å². The molecule has 1 saturated heterocycles. The zero-order valence-electron chi connectivity index (χ0n) is 12.4. The zero-order chi connectivity index (χ0) is 16.1. The summed E-state index contributed by atoms with van der Waals surface area (Å²) >= 11 is 0. The number of hydrogen-bond acceptors (Lipinski definition) is 2. The van der Waals surface area contributed by atoms with Crippen molar-refractivity contribution in [3.8, 4) is 0 Å². The van der Waals surface area contributed by atoms with Crippen molar-refractivity contribution in [3.63, 3.8) is 0 Å². The molecule has 2 rings (SSSR count). The van der Waals surface area contributed by atoms with Gasteiger partial charge in [-0.05, 0) is 24.6 Å². The van der Waals surface area contributed by atoms with Gasteiger partial charge in [0.1, 0.15) is 5.82 Å². The van der Waals surface area contributed by atoms with Gasteiger partial charge in [0.05, 0.1) is 12.6 Å². The number of benzene rings is 1. The van der Waals surface area contributed by atoms with Gasteiger partial charge in [-0.3, -0.25) is 4.90 Å². The first-order valence-electron chi connectivity index (χ1n) is 7.27. The van der Waals surface area contributed by atoms with E-state index in [9.17, 15) is 18.0 Å². The summed E-state index contributed by atoms with van der Waals surface area (Å²) in [7, 11) is 0. The van der Waals surface area contributed by atoms with E-state index in [1.165, 1.54) is 12.1 Å². The van der Waals surface area contributed by atoms with Crippen LogP contribution in [0.15, 0.2) is 24.3 Å². The Balaban J connectivity index is 1.83. The Morgan fingerprint density at radius 3 is 2.55 bits per heavy atom. The van der Waals surface area contributed by atoms with Crippen molar-refractivity contribution >= 4 is 6.03 Å². The Bertz CT molecular complexity index is 505. The fourth-order valence-corrected chi connectivity index (χ4v) is 2.46. The van der Waals surface area contributed by atoms with Gasteiger partial charge >= 0.3 is 6.03 Å². The van der Waals surface area contributed by atoms with Gasteiger partial charge in [-0.15, -0.1) is 0 Å². The number of nitrogens with zero attached hydrogens (tertiary/aromatic N) is 2. The second-order valence-corrected chi connectivity index (χ2v) is 5.40. The van der Waals surface area contributed by atoms with Gasteiger partial charge in [0.2, 0.25) is 0 Å². The maximum absolute atomic E-state index is 13.2. The normalized spacial score (nSPS) is 17.6. The van der Waals surface area contributed by atoms with E-state index in [4.69, 9.17) is 0 Å². The van der Waals surface area contributed by atoms with Crippen molar-refractivity contribution < 1.29 is 18.0 Å². The van der Waals surface area contributed by atoms with Crippen LogP contribution >= 0.6 is 0 Å². The molecule has 1 heterocycles. The molecule has 1 atom stereocenters. The molecule has 0 saturated carbocycles. The molecule has 4 nitrogen and oxygen atoms in total. The van der Waals surface area contributed by atoms with Crippen molar-refractivity contribution in [1.29, 1.82) is 0 Å². The molecule has 0 aromatic heterocycles. The Hall–Kier alpha value is -1.76. The number of urea groups is 1. The van der Waals surface area contributed by atoms with Crippen molar-refractivity contribution in [1.82, 2.24) is 15.1 Å². The topological polar surface area (TPSA) is 35.6 Å². The average Bonchev–Trinajstić information content (AvgIpc) is 2.47. The molecular formula is C15H20F3N3O. The van der Waals surface area contributed by atoms with Crippen LogP contribution < -0.4 is 5.32 Å². The van der Waals surface area contributed by atoms with Crippen LogP contribution in [0.1, 0.15) is 18.5 Å². The molecule has 1 aromatic carbocycles. The van der Waals surface area contributed by atoms with Gasteiger partial charge in [-0.25, -0.2) is 18.0 Å². The van der Waals surface area contributed by atoms with E-state index >= 15 is 0 Å². The Kier molecular flexibility index (Phi) is 5.65. The molecule has 0 radical (unpaired) electrons. The summed E-state index contributed by atoms with van der Waals surface area (Å²) < 4.78 is 37.8. The number of nitrogens with one attached hydrogen (secondary N) is 1. The van der Waals surface area contributed by atoms with E-state index in [0.29, 0.717) is 31.7 Å². The third-order valence-electron chi connectivity index (χ3n) is 3.74. The molecule has 22 heavy (non-hydrogen) atoms. The van der Waals surface area contributed by atoms with Gasteiger partial charge in [0.25, 0.3) is 6.43 Å². The highest BCUT2D eigenvalue weighted by Crippen LogP contribution is 2.14. The van der Waals surface area contributed by atoms with Gasteiger partial charge in [0, 0.05) is 26.2 Å². The lowest BCUT2D eigenvalue weighted by molar-refractivity contribution is 0.0633. The lowest BCUT2D eigenvalue weighted by atomic mass is 10.1. The van der Waals surface area contributed by atoms with Crippen LogP contribution in [0.3, 0.4) is 0 Å². The Labute approximate surface area is 127 Å². The molecule has 7 heteroatoms. The lowest BCUT2D eigenvalue weighted by Gasteiger charge is -2.35. The van der Waals surface area contributed by atoms with Gasteiger partial charge in [0.15, 0.2) is 0 Å². The molecule has 1 aromatic rings. The van der Waals surface area contributed by atoms with Crippen LogP contribution in [0.5, 0.6) is 0 Å². The summed E-state index contributed by atoms with van der Waals surface area (Å²) in [6, 6.07) is 5.49. The van der Waals surface area contributed by atoms with E-state index < -0.39 is 6.43 Å². The molecule has 0 bridgehead atoms. The maximum Gasteiger partial charge on any atom is 0.317 e. The lowest BCUT2D eigenvalue weighted by Crippen LogP contribution is -2.52. The standard InChI is InChI=1S/C15H20F3N3O/c1-11(12-3-2-4-13(16)9-12)19-15(22)21-7-5-20(6-8-21)10-14(17)18/h2-4,9,11,14H,5-8,10H2,1H3,(H,19,22)/t11-/m0/s1. The van der Waals surface area contributed by atoms with Crippen molar-refractivity contribution in [2.45, 2.75) is 19.4 Å². The van der Waals surface area contributed by atoms with Gasteiger partial charge in [-0.1, -0.05) is 12.1 Å². The van der Waals surface area contributed by atoms with E-state index in [0.717, 1.165) is 0 Å². The minimum Gasteiger partial charge on any atom is -0.331 e. The summed E-state index contributed by atoms with van der Waals surface area (Å²) in [4.78, 5) is 15.4. The van der Waals surface area contributed by atoms with Crippen LogP contribution in [-0.4, -0.2) is 55.0 Å². The summed E-state index contributed by atoms with van der Waals surface area (Å²) in [6.45, 7) is 3.22. The number of amides is 2. The summed E-state index contributed by atoms with van der Waals surface area (Å²) in [5, 5.41) is 2.80. The maximum atomic E-state index is 13.2. The molecule has 1 fully saturated rings. The molecular weight excluding hydrogens is 295 g/mol. The second kappa shape index (κ2) is 7.49. The molecule has 122 valence electrons. The molecule has 1 aliphatic rings. The quantitative estimate of drug-likeness (QED) is 0.926. The Morgan fingerprint density at radius 1 is 1.27 bits per heavy atom. The monoisotopic (exact) mass is 315 g/mol. The van der Waals surface area contributed by atoms with E-state index in [1.54, 1.807) is 28.9 Å². The first kappa shape index (κ1) is 16.6. The minimum atomic E-state index is -2.35. The van der Waals surface area contributed by atoms with E-state index in [2.05, 4.69) is 5.32 Å². The van der Waals surface area contributed by atoms with E-state index in [-0.39, 0.29) is 24.4 Å². The predicted octanol–water partition coefficient (Wildman–Crippen LogP) is 2.48. The molecule has 1 aliphatic heterocycles. The van der Waals surface area contributed by atoms with Crippen molar-refractivity contribution in [3.05, 3.63) is 35.6 Å². The largest absolute Gasteiger partial charge is 0.331 e. The fraction of sp³-hybridized carbons (Fsp3) is 0.533. The SMILES string of the molecule is C[C@H](NC(=O)N1CCN(CC(F)F)CC1)c1cccc(F)c1. The molecule has 0 spiro atoms. The third kappa shape index (κ3) is 4.62. The first-order valence-corrected chi connectivity index (χ1v) is 7.27. The third-order valence-corrected chi connectivity index (χ3v) is 3.74. The van der Waals surface area contributed by atoms with Gasteiger partial charge < -0.3 is 10.2 Å². The second-order valence-electron chi connectivity index (χ2n) is 5.40. The number of rotatable bonds is 4. The highest BCUT2D eigenvalue weighted by molar-refractivity contribution is 5.74. The van der Waals surface area contributed by atoms with Crippen LogP contribution in [0, 0.1) is 5.82 Å². The molecule has 2 amide bonds. The highest BCUT2D eigenvalue weighted by atomic mass is 19.3. The molecule has 0 aliphatic carbocycles. The van der Waals surface area contributed by atoms with Crippen LogP contribution in [0.25, 0.3) is 0 Å². The number of hydrogen-bond donors (Lipinski definition) is 1. The molecule has 1 N–H and O–H groups in total. The molecule has 0 unspecified atom stereocenters. The van der Waals surface area contributed by atoms with Gasteiger partial charge in [-0.2, -0.15) is 0 Å². The minimum absolute atomic E-state index is 0.255. The summed E-state index contributed by atoms with van der Waals surface area (Å²) in [5.41, 5.74) is 0.685. The predicted molar refractivity (Wildman–Crippen MR) is 77.4 cm³/mol. The smallest absolute Gasteiger partial charge is 0.317 e. The van der Waals surface area contributed by atoms with Crippen LogP contribution in [0.2, 0.25) is 0 Å². The number of carbonyl (C=O) groups is 1. The number of halogens is 3. The first-order chi connectivity index (χ1) is 10.5. The number of carbonyl (C=O) groups excluding carboxylic acids is 1. The zero-order valence-corrected chi connectivity index (χ0v) is 12.4. The fourth-order valence-electron chi connectivity index (χ4n) is 2.46. The average molecular weight is 315 g/mol. The van der Waals surface area contributed by atoms with E-state index in [1.807, 2.05) is 0 Å². The van der Waals surface area contributed by atoms with Crippen molar-refractivity contribution in [2.75, 3.05) is 32.7 Å². The Morgan fingerprint density at radius 2 is 1.95 bits per heavy atom. The van der Waals surface area contributed by atoms with Crippen LogP contribution in [0.4, 0.5) is 18.0 Å². The highest BCUT2D eigenvalue weighted by Gasteiger charge is 2.23. The summed E-state index contributed by atoms with van der Waals surface area (Å²) in [5.74, 6) is -0.348. The van der Waals surface area contributed by atoms with Crippen molar-refractivity contribution in [2.24, 2.45) is 0 Å².